The number of hydrogen-bond acceptors (Lipinski definition) is 5. The van der Waals surface area contributed by atoms with Crippen LogP contribution in [0.5, 0.6) is 0 Å². The highest BCUT2D eigenvalue weighted by Gasteiger charge is 2.40. The van der Waals surface area contributed by atoms with E-state index in [0.717, 1.165) is 10.3 Å². The number of amides is 2. The minimum atomic E-state index is -3.65. The molecular weight excluding hydrogens is 356 g/mol. The SMILES string of the molecule is O=C1COC(=O)N1C1CCN(S(=O)(=O)c2cccc3ccccc23)CC1. The number of hydrogen-bond donors (Lipinski definition) is 0. The highest BCUT2D eigenvalue weighted by atomic mass is 32.2. The van der Waals surface area contributed by atoms with Gasteiger partial charge in [-0.3, -0.25) is 4.79 Å². The van der Waals surface area contributed by atoms with Crippen molar-refractivity contribution in [3.8, 4) is 0 Å². The molecular formula is C18H18N2O5S. The van der Waals surface area contributed by atoms with Crippen LogP contribution < -0.4 is 0 Å². The largest absolute Gasteiger partial charge is 0.439 e. The zero-order valence-electron chi connectivity index (χ0n) is 14.0. The Morgan fingerprint density at radius 2 is 1.65 bits per heavy atom. The van der Waals surface area contributed by atoms with Gasteiger partial charge in [-0.05, 0) is 24.3 Å². The monoisotopic (exact) mass is 374 g/mol. The molecule has 0 aliphatic carbocycles. The maximum Gasteiger partial charge on any atom is 0.417 e. The van der Waals surface area contributed by atoms with Gasteiger partial charge < -0.3 is 4.74 Å². The van der Waals surface area contributed by atoms with E-state index >= 15 is 0 Å². The third kappa shape index (κ3) is 2.75. The fourth-order valence-corrected chi connectivity index (χ4v) is 5.30. The summed E-state index contributed by atoms with van der Waals surface area (Å²) in [5.41, 5.74) is 0. The molecule has 26 heavy (non-hydrogen) atoms. The van der Waals surface area contributed by atoms with Gasteiger partial charge in [0.25, 0.3) is 5.91 Å². The van der Waals surface area contributed by atoms with Gasteiger partial charge in [-0.2, -0.15) is 4.31 Å². The van der Waals surface area contributed by atoms with Crippen LogP contribution in [0.25, 0.3) is 10.8 Å². The molecule has 0 N–H and O–H groups in total. The van der Waals surface area contributed by atoms with Gasteiger partial charge in [-0.15, -0.1) is 0 Å². The normalized spacial score (nSPS) is 19.9. The molecule has 2 fully saturated rings. The van der Waals surface area contributed by atoms with Crippen molar-refractivity contribution >= 4 is 32.8 Å². The maximum atomic E-state index is 13.1. The lowest BCUT2D eigenvalue weighted by Gasteiger charge is -2.34. The number of nitrogens with zero attached hydrogens (tertiary/aromatic N) is 2. The standard InChI is InChI=1S/C18H18N2O5S/c21-17-12-25-18(22)20(17)14-8-10-19(11-9-14)26(23,24)16-7-3-5-13-4-1-2-6-15(13)16/h1-7,14H,8-12H2. The van der Waals surface area contributed by atoms with Crippen molar-refractivity contribution in [1.82, 2.24) is 9.21 Å². The van der Waals surface area contributed by atoms with Crippen LogP contribution in [0, 0.1) is 0 Å². The quantitative estimate of drug-likeness (QED) is 0.820. The molecule has 0 saturated carbocycles. The van der Waals surface area contributed by atoms with Crippen LogP contribution in [0.15, 0.2) is 47.4 Å². The molecule has 0 spiro atoms. The third-order valence-corrected chi connectivity index (χ3v) is 6.90. The number of sulfonamides is 1. The van der Waals surface area contributed by atoms with E-state index in [-0.39, 0.29) is 36.5 Å². The van der Waals surface area contributed by atoms with Gasteiger partial charge in [-0.25, -0.2) is 18.1 Å². The Morgan fingerprint density at radius 1 is 0.962 bits per heavy atom. The smallest absolute Gasteiger partial charge is 0.417 e. The van der Waals surface area contributed by atoms with Crippen LogP contribution in [-0.2, 0) is 19.6 Å². The number of fused-ring (bicyclic) bond motifs is 1. The van der Waals surface area contributed by atoms with E-state index in [1.54, 1.807) is 18.2 Å². The van der Waals surface area contributed by atoms with Crippen molar-refractivity contribution < 1.29 is 22.7 Å². The van der Waals surface area contributed by atoms with E-state index in [1.165, 1.54) is 4.31 Å². The first-order valence-corrected chi connectivity index (χ1v) is 9.89. The van der Waals surface area contributed by atoms with Crippen molar-refractivity contribution in [2.45, 2.75) is 23.8 Å². The van der Waals surface area contributed by atoms with Crippen molar-refractivity contribution in [2.24, 2.45) is 0 Å². The lowest BCUT2D eigenvalue weighted by molar-refractivity contribution is -0.127. The first kappa shape index (κ1) is 17.0. The molecule has 7 nitrogen and oxygen atoms in total. The first-order valence-electron chi connectivity index (χ1n) is 8.45. The molecule has 0 radical (unpaired) electrons. The maximum absolute atomic E-state index is 13.1. The third-order valence-electron chi connectivity index (χ3n) is 4.94. The van der Waals surface area contributed by atoms with E-state index in [9.17, 15) is 18.0 Å². The highest BCUT2D eigenvalue weighted by Crippen LogP contribution is 2.29. The summed E-state index contributed by atoms with van der Waals surface area (Å²) < 4.78 is 32.4. The fourth-order valence-electron chi connectivity index (χ4n) is 3.62. The Bertz CT molecular complexity index is 959. The molecule has 2 heterocycles. The second kappa shape index (κ2) is 6.37. The molecule has 2 saturated heterocycles. The minimum absolute atomic E-state index is 0.229. The van der Waals surface area contributed by atoms with E-state index in [1.807, 2.05) is 24.3 Å². The summed E-state index contributed by atoms with van der Waals surface area (Å²) in [6, 6.07) is 12.3. The van der Waals surface area contributed by atoms with E-state index in [2.05, 4.69) is 0 Å². The molecule has 0 atom stereocenters. The van der Waals surface area contributed by atoms with Crippen LogP contribution in [0.2, 0.25) is 0 Å². The number of ether oxygens (including phenoxy) is 1. The van der Waals surface area contributed by atoms with Crippen LogP contribution in [0.4, 0.5) is 4.79 Å². The summed E-state index contributed by atoms with van der Waals surface area (Å²) in [5.74, 6) is -0.356. The Hall–Kier alpha value is -2.45. The Morgan fingerprint density at radius 3 is 2.35 bits per heavy atom. The molecule has 2 aromatic carbocycles. The van der Waals surface area contributed by atoms with Crippen LogP contribution in [0.1, 0.15) is 12.8 Å². The molecule has 2 aliphatic rings. The highest BCUT2D eigenvalue weighted by molar-refractivity contribution is 7.89. The molecule has 0 bridgehead atoms. The summed E-state index contributed by atoms with van der Waals surface area (Å²) in [5, 5.41) is 1.56. The number of rotatable bonds is 3. The average molecular weight is 374 g/mol. The van der Waals surface area contributed by atoms with Crippen LogP contribution >= 0.6 is 0 Å². The molecule has 2 aromatic rings. The molecule has 2 amide bonds. The molecule has 4 rings (SSSR count). The van der Waals surface area contributed by atoms with Gasteiger partial charge in [0.2, 0.25) is 10.0 Å². The van der Waals surface area contributed by atoms with Gasteiger partial charge in [0, 0.05) is 24.5 Å². The number of cyclic esters (lactones) is 1. The van der Waals surface area contributed by atoms with Gasteiger partial charge >= 0.3 is 6.09 Å². The van der Waals surface area contributed by atoms with Crippen LogP contribution in [0.3, 0.4) is 0 Å². The first-order chi connectivity index (χ1) is 12.5. The van der Waals surface area contributed by atoms with E-state index in [0.29, 0.717) is 18.2 Å². The lowest BCUT2D eigenvalue weighted by atomic mass is 10.1. The van der Waals surface area contributed by atoms with Gasteiger partial charge in [0.15, 0.2) is 6.61 Å². The Balaban J connectivity index is 1.57. The second-order valence-electron chi connectivity index (χ2n) is 6.43. The zero-order valence-corrected chi connectivity index (χ0v) is 14.8. The summed E-state index contributed by atoms with van der Waals surface area (Å²) in [7, 11) is -3.65. The predicted octanol–water partition coefficient (Wildman–Crippen LogP) is 1.97. The summed E-state index contributed by atoms with van der Waals surface area (Å²) >= 11 is 0. The molecule has 0 aromatic heterocycles. The average Bonchev–Trinajstić information content (AvgIpc) is 2.99. The molecule has 0 unspecified atom stereocenters. The number of benzene rings is 2. The predicted molar refractivity (Wildman–Crippen MR) is 93.9 cm³/mol. The molecule has 8 heteroatoms. The van der Waals surface area contributed by atoms with Crippen molar-refractivity contribution in [3.63, 3.8) is 0 Å². The number of imide groups is 1. The van der Waals surface area contributed by atoms with Crippen molar-refractivity contribution in [1.29, 1.82) is 0 Å². The van der Waals surface area contributed by atoms with Gasteiger partial charge in [0.05, 0.1) is 4.90 Å². The fraction of sp³-hybridized carbons (Fsp3) is 0.333. The van der Waals surface area contributed by atoms with Gasteiger partial charge in [-0.1, -0.05) is 36.4 Å². The van der Waals surface area contributed by atoms with Gasteiger partial charge in [0.1, 0.15) is 0 Å². The lowest BCUT2D eigenvalue weighted by Crippen LogP contribution is -2.48. The van der Waals surface area contributed by atoms with Crippen molar-refractivity contribution in [2.75, 3.05) is 19.7 Å². The number of piperidine rings is 1. The Kier molecular flexibility index (Phi) is 4.16. The summed E-state index contributed by atoms with van der Waals surface area (Å²) in [6.07, 6.45) is 0.181. The minimum Gasteiger partial charge on any atom is -0.439 e. The number of carbonyl (C=O) groups is 2. The summed E-state index contributed by atoms with van der Waals surface area (Å²) in [4.78, 5) is 24.9. The van der Waals surface area contributed by atoms with E-state index in [4.69, 9.17) is 4.74 Å². The zero-order chi connectivity index (χ0) is 18.3. The molecule has 2 aliphatic heterocycles. The topological polar surface area (TPSA) is 84.0 Å². The van der Waals surface area contributed by atoms with Crippen molar-refractivity contribution in [3.05, 3.63) is 42.5 Å². The van der Waals surface area contributed by atoms with Crippen LogP contribution in [-0.4, -0.2) is 55.4 Å². The molecule has 136 valence electrons. The van der Waals surface area contributed by atoms with E-state index < -0.39 is 16.1 Å². The summed E-state index contributed by atoms with van der Waals surface area (Å²) in [6.45, 7) is 0.286. The second-order valence-corrected chi connectivity index (χ2v) is 8.34. The Labute approximate surface area is 151 Å². The number of carbonyl (C=O) groups excluding carboxylic acids is 2.